The lowest BCUT2D eigenvalue weighted by atomic mass is 10.2. The van der Waals surface area contributed by atoms with Gasteiger partial charge in [0.05, 0.1) is 23.2 Å². The number of aliphatic imine (C=N–C) groups is 1. The molecule has 0 atom stereocenters. The van der Waals surface area contributed by atoms with Gasteiger partial charge >= 0.3 is 5.97 Å². The molecule has 114 valence electrons. The molecule has 0 fully saturated rings. The Morgan fingerprint density at radius 1 is 1.00 bits per heavy atom. The maximum atomic E-state index is 10.9. The number of phenolic OH excluding ortho intramolecular Hbond substituents is 1. The first-order valence-electron chi connectivity index (χ1n) is 6.98. The lowest BCUT2D eigenvalue weighted by Crippen LogP contribution is -2.00. The molecule has 0 saturated carbocycles. The van der Waals surface area contributed by atoms with Crippen molar-refractivity contribution in [3.63, 3.8) is 0 Å². The first-order chi connectivity index (χ1) is 11.1. The van der Waals surface area contributed by atoms with Crippen molar-refractivity contribution in [2.75, 3.05) is 0 Å². The van der Waals surface area contributed by atoms with Crippen molar-refractivity contribution in [3.05, 3.63) is 78.1 Å². The normalized spacial score (nSPS) is 11.0. The number of hydrogen-bond acceptors (Lipinski definition) is 3. The minimum atomic E-state index is -0.946. The number of rotatable bonds is 4. The molecule has 2 aromatic carbocycles. The SMILES string of the molecule is O=C(O)c1ccc(-n2cccc2C=Nc2ccc(O)cc2)cc1. The van der Waals surface area contributed by atoms with E-state index in [1.165, 1.54) is 0 Å². The maximum Gasteiger partial charge on any atom is 0.335 e. The summed E-state index contributed by atoms with van der Waals surface area (Å²) >= 11 is 0. The second-order valence-electron chi connectivity index (χ2n) is 4.93. The zero-order valence-corrected chi connectivity index (χ0v) is 12.1. The average Bonchev–Trinajstić information content (AvgIpc) is 3.03. The third kappa shape index (κ3) is 3.29. The molecular formula is C18H14N2O3. The zero-order valence-electron chi connectivity index (χ0n) is 12.1. The van der Waals surface area contributed by atoms with Gasteiger partial charge in [-0.3, -0.25) is 4.99 Å². The van der Waals surface area contributed by atoms with Gasteiger partial charge in [-0.05, 0) is 60.7 Å². The van der Waals surface area contributed by atoms with Crippen LogP contribution in [0, 0.1) is 0 Å². The Balaban J connectivity index is 1.87. The van der Waals surface area contributed by atoms with Crippen LogP contribution in [0.4, 0.5) is 5.69 Å². The quantitative estimate of drug-likeness (QED) is 0.723. The van der Waals surface area contributed by atoms with Crippen LogP contribution in [0.2, 0.25) is 0 Å². The van der Waals surface area contributed by atoms with Gasteiger partial charge in [0.2, 0.25) is 0 Å². The van der Waals surface area contributed by atoms with E-state index in [9.17, 15) is 9.90 Å². The molecule has 0 spiro atoms. The van der Waals surface area contributed by atoms with E-state index < -0.39 is 5.97 Å². The molecule has 1 aromatic heterocycles. The fraction of sp³-hybridized carbons (Fsp3) is 0. The number of phenols is 1. The summed E-state index contributed by atoms with van der Waals surface area (Å²) in [6.07, 6.45) is 3.60. The highest BCUT2D eigenvalue weighted by atomic mass is 16.4. The Morgan fingerprint density at radius 2 is 1.70 bits per heavy atom. The Kier molecular flexibility index (Phi) is 3.93. The molecule has 5 nitrogen and oxygen atoms in total. The second kappa shape index (κ2) is 6.19. The van der Waals surface area contributed by atoms with Gasteiger partial charge in [-0.15, -0.1) is 0 Å². The number of aromatic hydroxyl groups is 1. The largest absolute Gasteiger partial charge is 0.508 e. The first-order valence-corrected chi connectivity index (χ1v) is 6.98. The summed E-state index contributed by atoms with van der Waals surface area (Å²) in [5, 5.41) is 18.2. The van der Waals surface area contributed by atoms with Crippen LogP contribution in [0.1, 0.15) is 16.1 Å². The minimum absolute atomic E-state index is 0.200. The van der Waals surface area contributed by atoms with Crippen LogP contribution in [-0.2, 0) is 0 Å². The van der Waals surface area contributed by atoms with Gasteiger partial charge in [0, 0.05) is 11.9 Å². The fourth-order valence-electron chi connectivity index (χ4n) is 2.18. The van der Waals surface area contributed by atoms with Crippen molar-refractivity contribution in [2.24, 2.45) is 4.99 Å². The van der Waals surface area contributed by atoms with Crippen molar-refractivity contribution in [3.8, 4) is 11.4 Å². The van der Waals surface area contributed by atoms with Crippen LogP contribution < -0.4 is 0 Å². The average molecular weight is 306 g/mol. The predicted molar refractivity (Wildman–Crippen MR) is 88.1 cm³/mol. The number of aromatic carboxylic acids is 1. The van der Waals surface area contributed by atoms with Gasteiger partial charge in [-0.2, -0.15) is 0 Å². The van der Waals surface area contributed by atoms with E-state index in [1.807, 2.05) is 22.9 Å². The van der Waals surface area contributed by atoms with Gasteiger partial charge < -0.3 is 14.8 Å². The van der Waals surface area contributed by atoms with Crippen molar-refractivity contribution >= 4 is 17.9 Å². The number of hydrogen-bond donors (Lipinski definition) is 2. The number of carboxylic acid groups (broad SMARTS) is 1. The number of carbonyl (C=O) groups is 1. The van der Waals surface area contributed by atoms with E-state index >= 15 is 0 Å². The monoisotopic (exact) mass is 306 g/mol. The molecular weight excluding hydrogens is 292 g/mol. The van der Waals surface area contributed by atoms with E-state index in [2.05, 4.69) is 4.99 Å². The maximum absolute atomic E-state index is 10.9. The predicted octanol–water partition coefficient (Wildman–Crippen LogP) is 3.63. The van der Waals surface area contributed by atoms with E-state index in [0.717, 1.165) is 17.1 Å². The number of benzene rings is 2. The lowest BCUT2D eigenvalue weighted by Gasteiger charge is -2.06. The highest BCUT2D eigenvalue weighted by Gasteiger charge is 2.04. The summed E-state index contributed by atoms with van der Waals surface area (Å²) in [7, 11) is 0. The molecule has 23 heavy (non-hydrogen) atoms. The minimum Gasteiger partial charge on any atom is -0.508 e. The standard InChI is InChI=1S/C18H14N2O3/c21-17-9-5-14(6-10-17)19-12-16-2-1-11-20(16)15-7-3-13(4-8-15)18(22)23/h1-12,21H,(H,22,23). The topological polar surface area (TPSA) is 74.8 Å². The molecule has 3 rings (SSSR count). The summed E-state index contributed by atoms with van der Waals surface area (Å²) in [6.45, 7) is 0. The number of aromatic nitrogens is 1. The van der Waals surface area contributed by atoms with Gasteiger partial charge in [0.1, 0.15) is 5.75 Å². The van der Waals surface area contributed by atoms with Gasteiger partial charge in [-0.25, -0.2) is 4.79 Å². The van der Waals surface area contributed by atoms with Crippen LogP contribution in [0.15, 0.2) is 71.9 Å². The summed E-state index contributed by atoms with van der Waals surface area (Å²) in [6, 6.07) is 17.0. The van der Waals surface area contributed by atoms with Crippen LogP contribution in [0.25, 0.3) is 5.69 Å². The van der Waals surface area contributed by atoms with Gasteiger partial charge in [0.25, 0.3) is 0 Å². The highest BCUT2D eigenvalue weighted by molar-refractivity contribution is 5.88. The first kappa shape index (κ1) is 14.6. The zero-order chi connectivity index (χ0) is 16.2. The molecule has 0 saturated heterocycles. The van der Waals surface area contributed by atoms with Gasteiger partial charge in [0.15, 0.2) is 0 Å². The molecule has 0 aliphatic heterocycles. The summed E-state index contributed by atoms with van der Waals surface area (Å²) < 4.78 is 1.91. The van der Waals surface area contributed by atoms with Crippen LogP contribution >= 0.6 is 0 Å². The van der Waals surface area contributed by atoms with Gasteiger partial charge in [-0.1, -0.05) is 0 Å². The Bertz CT molecular complexity index is 847. The third-order valence-corrected chi connectivity index (χ3v) is 3.37. The summed E-state index contributed by atoms with van der Waals surface area (Å²) in [5.74, 6) is -0.746. The molecule has 0 aliphatic rings. The van der Waals surface area contributed by atoms with Crippen molar-refractivity contribution in [1.82, 2.24) is 4.57 Å². The van der Waals surface area contributed by atoms with E-state index in [-0.39, 0.29) is 11.3 Å². The Hall–Kier alpha value is -3.34. The molecule has 0 radical (unpaired) electrons. The molecule has 1 heterocycles. The summed E-state index contributed by atoms with van der Waals surface area (Å²) in [4.78, 5) is 15.3. The fourth-order valence-corrected chi connectivity index (χ4v) is 2.18. The summed E-state index contributed by atoms with van der Waals surface area (Å²) in [5.41, 5.74) is 2.70. The smallest absolute Gasteiger partial charge is 0.335 e. The highest BCUT2D eigenvalue weighted by Crippen LogP contribution is 2.18. The molecule has 2 N–H and O–H groups in total. The van der Waals surface area contributed by atoms with E-state index in [0.29, 0.717) is 0 Å². The molecule has 0 aliphatic carbocycles. The van der Waals surface area contributed by atoms with Crippen molar-refractivity contribution in [2.45, 2.75) is 0 Å². The Morgan fingerprint density at radius 3 is 2.35 bits per heavy atom. The number of carboxylic acids is 1. The van der Waals surface area contributed by atoms with E-state index in [1.54, 1.807) is 54.7 Å². The lowest BCUT2D eigenvalue weighted by molar-refractivity contribution is 0.0697. The number of nitrogens with zero attached hydrogens (tertiary/aromatic N) is 2. The van der Waals surface area contributed by atoms with Crippen LogP contribution in [0.3, 0.4) is 0 Å². The molecule has 0 amide bonds. The molecule has 3 aromatic rings. The van der Waals surface area contributed by atoms with Crippen LogP contribution in [-0.4, -0.2) is 27.0 Å². The van der Waals surface area contributed by atoms with E-state index in [4.69, 9.17) is 5.11 Å². The third-order valence-electron chi connectivity index (χ3n) is 3.37. The molecule has 0 unspecified atom stereocenters. The Labute approximate surface area is 132 Å². The molecule has 0 bridgehead atoms. The second-order valence-corrected chi connectivity index (χ2v) is 4.93. The van der Waals surface area contributed by atoms with Crippen molar-refractivity contribution in [1.29, 1.82) is 0 Å². The van der Waals surface area contributed by atoms with Crippen LogP contribution in [0.5, 0.6) is 5.75 Å². The molecule has 5 heteroatoms. The van der Waals surface area contributed by atoms with Crippen molar-refractivity contribution < 1.29 is 15.0 Å².